The number of hydrogen-bond acceptors (Lipinski definition) is 3. The first-order valence-corrected chi connectivity index (χ1v) is 9.71. The molecule has 0 amide bonds. The van der Waals surface area contributed by atoms with E-state index in [2.05, 4.69) is 6.92 Å². The number of rotatable bonds is 12. The molecule has 0 unspecified atom stereocenters. The van der Waals surface area contributed by atoms with E-state index in [1.54, 1.807) is 24.3 Å². The van der Waals surface area contributed by atoms with Crippen molar-refractivity contribution in [2.45, 2.75) is 69.6 Å². The Bertz CT molecular complexity index is 518. The van der Waals surface area contributed by atoms with Crippen LogP contribution >= 0.6 is 0 Å². The maximum Gasteiger partial charge on any atom is 1.00 e. The first-order valence-electron chi connectivity index (χ1n) is 8.30. The maximum absolute atomic E-state index is 11.8. The molecule has 0 spiro atoms. The van der Waals surface area contributed by atoms with E-state index in [1.807, 2.05) is 0 Å². The summed E-state index contributed by atoms with van der Waals surface area (Å²) >= 11 is 0. The van der Waals surface area contributed by atoms with Gasteiger partial charge in [-0.25, -0.2) is 0 Å². The second-order valence-electron chi connectivity index (χ2n) is 5.50. The molecular weight excluding hydrogens is 319 g/mol. The van der Waals surface area contributed by atoms with E-state index in [0.29, 0.717) is 0 Å². The van der Waals surface area contributed by atoms with E-state index in [9.17, 15) is 8.42 Å². The SMILES string of the molecule is CCCCCCCCCCC=COS(=O)(=O)c1ccccc1.[H-].[Na+]. The zero-order valence-electron chi connectivity index (χ0n) is 15.5. The van der Waals surface area contributed by atoms with Gasteiger partial charge < -0.3 is 5.61 Å². The van der Waals surface area contributed by atoms with Crippen molar-refractivity contribution in [2.75, 3.05) is 0 Å². The van der Waals surface area contributed by atoms with E-state index in [1.165, 1.54) is 63.3 Å². The van der Waals surface area contributed by atoms with Gasteiger partial charge in [0, 0.05) is 0 Å². The van der Waals surface area contributed by atoms with Crippen LogP contribution in [0.2, 0.25) is 0 Å². The van der Waals surface area contributed by atoms with Gasteiger partial charge >= 0.3 is 39.7 Å². The van der Waals surface area contributed by atoms with Gasteiger partial charge in [0.15, 0.2) is 0 Å². The monoisotopic (exact) mass is 348 g/mol. The van der Waals surface area contributed by atoms with Gasteiger partial charge in [-0.15, -0.1) is 0 Å². The summed E-state index contributed by atoms with van der Waals surface area (Å²) in [5.74, 6) is 0. The molecule has 1 aromatic carbocycles. The number of unbranched alkanes of at least 4 members (excludes halogenated alkanes) is 8. The zero-order chi connectivity index (χ0) is 16.1. The van der Waals surface area contributed by atoms with Crippen LogP contribution in [0.15, 0.2) is 47.6 Å². The molecule has 0 aliphatic heterocycles. The van der Waals surface area contributed by atoms with Crippen molar-refractivity contribution in [2.24, 2.45) is 0 Å². The van der Waals surface area contributed by atoms with Crippen LogP contribution in [-0.2, 0) is 14.3 Å². The van der Waals surface area contributed by atoms with E-state index in [-0.39, 0.29) is 35.9 Å². The third kappa shape index (κ3) is 11.0. The van der Waals surface area contributed by atoms with E-state index < -0.39 is 10.1 Å². The van der Waals surface area contributed by atoms with Crippen LogP contribution in [0.3, 0.4) is 0 Å². The second-order valence-corrected chi connectivity index (χ2v) is 7.07. The van der Waals surface area contributed by atoms with Crippen LogP contribution in [0.4, 0.5) is 0 Å². The van der Waals surface area contributed by atoms with Crippen molar-refractivity contribution >= 4 is 10.1 Å². The summed E-state index contributed by atoms with van der Waals surface area (Å²) in [6.07, 6.45) is 14.1. The molecule has 0 heterocycles. The molecule has 3 nitrogen and oxygen atoms in total. The largest absolute Gasteiger partial charge is 1.00 e. The predicted molar refractivity (Wildman–Crippen MR) is 92.2 cm³/mol. The van der Waals surface area contributed by atoms with Gasteiger partial charge in [0.05, 0.1) is 0 Å². The van der Waals surface area contributed by atoms with Gasteiger partial charge in [0.1, 0.15) is 11.2 Å². The van der Waals surface area contributed by atoms with Crippen LogP contribution in [0.1, 0.15) is 66.1 Å². The molecule has 0 aromatic heterocycles. The fourth-order valence-corrected chi connectivity index (χ4v) is 3.05. The van der Waals surface area contributed by atoms with Gasteiger partial charge in [-0.3, -0.25) is 0 Å². The Morgan fingerprint density at radius 2 is 1.52 bits per heavy atom. The van der Waals surface area contributed by atoms with Crippen molar-refractivity contribution in [1.82, 2.24) is 0 Å². The third-order valence-electron chi connectivity index (χ3n) is 3.53. The van der Waals surface area contributed by atoms with Crippen molar-refractivity contribution < 1.29 is 43.6 Å². The molecule has 126 valence electrons. The number of allylic oxidation sites excluding steroid dienone is 1. The van der Waals surface area contributed by atoms with E-state index >= 15 is 0 Å². The Morgan fingerprint density at radius 3 is 2.13 bits per heavy atom. The fraction of sp³-hybridized carbons (Fsp3) is 0.556. The topological polar surface area (TPSA) is 43.4 Å². The molecule has 0 aliphatic rings. The van der Waals surface area contributed by atoms with Crippen LogP contribution in [0.25, 0.3) is 0 Å². The molecule has 0 saturated heterocycles. The minimum absolute atomic E-state index is 0. The first-order chi connectivity index (χ1) is 10.7. The average Bonchev–Trinajstić information content (AvgIpc) is 2.53. The molecule has 1 aromatic rings. The molecule has 0 fully saturated rings. The molecule has 0 atom stereocenters. The van der Waals surface area contributed by atoms with Crippen LogP contribution < -0.4 is 29.6 Å². The summed E-state index contributed by atoms with van der Waals surface area (Å²) in [4.78, 5) is 0.187. The van der Waals surface area contributed by atoms with E-state index in [0.717, 1.165) is 12.8 Å². The number of benzene rings is 1. The molecule has 5 heteroatoms. The van der Waals surface area contributed by atoms with Crippen molar-refractivity contribution in [1.29, 1.82) is 0 Å². The smallest absolute Gasteiger partial charge is 1.00 e. The molecular formula is C18H29NaO3S. The van der Waals surface area contributed by atoms with Crippen LogP contribution in [0.5, 0.6) is 0 Å². The maximum atomic E-state index is 11.8. The standard InChI is InChI=1S/C18H28O3S.Na.H/c1-2-3-4-5-6-7-8-9-10-14-17-21-22(19,20)18-15-12-11-13-16-18;;/h11-17H,2-10H2,1H3;;/q;+1;-1. The number of hydrogen-bond donors (Lipinski definition) is 0. The summed E-state index contributed by atoms with van der Waals surface area (Å²) in [6, 6.07) is 8.20. The molecule has 0 radical (unpaired) electrons. The Kier molecular flexibility index (Phi) is 13.9. The molecule has 0 aliphatic carbocycles. The normalized spacial score (nSPS) is 11.3. The predicted octanol–water partition coefficient (Wildman–Crippen LogP) is 2.55. The van der Waals surface area contributed by atoms with Gasteiger partial charge in [-0.2, -0.15) is 8.42 Å². The summed E-state index contributed by atoms with van der Waals surface area (Å²) in [6.45, 7) is 2.23. The summed E-state index contributed by atoms with van der Waals surface area (Å²) in [5.41, 5.74) is 0. The third-order valence-corrected chi connectivity index (χ3v) is 4.75. The zero-order valence-corrected chi connectivity index (χ0v) is 17.4. The van der Waals surface area contributed by atoms with Gasteiger partial charge in [0.2, 0.25) is 0 Å². The van der Waals surface area contributed by atoms with Gasteiger partial charge in [-0.05, 0) is 31.1 Å². The Balaban J connectivity index is 0. The molecule has 0 bridgehead atoms. The average molecular weight is 348 g/mol. The first kappa shape index (κ1) is 22.7. The molecule has 0 N–H and O–H groups in total. The second kappa shape index (κ2) is 14.1. The Hall–Kier alpha value is -0.290. The van der Waals surface area contributed by atoms with Gasteiger partial charge in [-0.1, -0.05) is 70.1 Å². The Morgan fingerprint density at radius 1 is 0.957 bits per heavy atom. The summed E-state index contributed by atoms with van der Waals surface area (Å²) < 4.78 is 28.5. The van der Waals surface area contributed by atoms with Crippen LogP contribution in [0, 0.1) is 0 Å². The van der Waals surface area contributed by atoms with Crippen LogP contribution in [-0.4, -0.2) is 8.42 Å². The molecule has 1 rings (SSSR count). The Labute approximate surface area is 165 Å². The summed E-state index contributed by atoms with van der Waals surface area (Å²) in [7, 11) is -3.66. The van der Waals surface area contributed by atoms with Crippen molar-refractivity contribution in [3.63, 3.8) is 0 Å². The minimum atomic E-state index is -3.66. The van der Waals surface area contributed by atoms with E-state index in [4.69, 9.17) is 4.18 Å². The fourth-order valence-electron chi connectivity index (χ4n) is 2.22. The van der Waals surface area contributed by atoms with Gasteiger partial charge in [0.25, 0.3) is 0 Å². The molecule has 23 heavy (non-hydrogen) atoms. The molecule has 0 saturated carbocycles. The minimum Gasteiger partial charge on any atom is -1.00 e. The quantitative estimate of drug-likeness (QED) is 0.252. The van der Waals surface area contributed by atoms with Crippen molar-refractivity contribution in [3.05, 3.63) is 42.7 Å². The summed E-state index contributed by atoms with van der Waals surface area (Å²) in [5, 5.41) is 0. The van der Waals surface area contributed by atoms with Crippen molar-refractivity contribution in [3.8, 4) is 0 Å².